The van der Waals surface area contributed by atoms with Gasteiger partial charge in [0.2, 0.25) is 5.91 Å². The molecule has 26 heavy (non-hydrogen) atoms. The number of imidazole rings is 1. The van der Waals surface area contributed by atoms with Gasteiger partial charge in [-0.2, -0.15) is 0 Å². The van der Waals surface area contributed by atoms with E-state index >= 15 is 0 Å². The SMILES string of the molecule is CCN(CC)C(=O)Cn1cc(C(=O)NCCc2cn3ccsc3n2)nn1. The fraction of sp³-hybridized carbons (Fsp3) is 0.438. The Labute approximate surface area is 154 Å². The summed E-state index contributed by atoms with van der Waals surface area (Å²) in [5, 5.41) is 12.5. The van der Waals surface area contributed by atoms with Crippen LogP contribution >= 0.6 is 11.3 Å². The number of hydrogen-bond acceptors (Lipinski definition) is 6. The molecule has 0 radical (unpaired) electrons. The van der Waals surface area contributed by atoms with Gasteiger partial charge in [-0.25, -0.2) is 9.67 Å². The monoisotopic (exact) mass is 375 g/mol. The first kappa shape index (κ1) is 18.1. The first-order valence-corrected chi connectivity index (χ1v) is 9.35. The minimum Gasteiger partial charge on any atom is -0.350 e. The number of carbonyl (C=O) groups excluding carboxylic acids is 2. The predicted molar refractivity (Wildman–Crippen MR) is 97.1 cm³/mol. The molecule has 3 aromatic rings. The zero-order valence-corrected chi connectivity index (χ0v) is 15.6. The Balaban J connectivity index is 1.49. The third-order valence-electron chi connectivity index (χ3n) is 3.99. The highest BCUT2D eigenvalue weighted by Gasteiger charge is 2.14. The van der Waals surface area contributed by atoms with E-state index in [1.807, 2.05) is 36.0 Å². The zero-order valence-electron chi connectivity index (χ0n) is 14.8. The molecule has 0 aliphatic carbocycles. The second kappa shape index (κ2) is 8.09. The lowest BCUT2D eigenvalue weighted by molar-refractivity contribution is -0.131. The van der Waals surface area contributed by atoms with Crippen molar-refractivity contribution in [2.45, 2.75) is 26.8 Å². The molecule has 0 aliphatic heterocycles. The van der Waals surface area contributed by atoms with E-state index in [-0.39, 0.29) is 24.1 Å². The zero-order chi connectivity index (χ0) is 18.5. The van der Waals surface area contributed by atoms with Crippen LogP contribution in [0.1, 0.15) is 30.0 Å². The average molecular weight is 375 g/mol. The Kier molecular flexibility index (Phi) is 5.61. The van der Waals surface area contributed by atoms with Crippen molar-refractivity contribution in [1.82, 2.24) is 34.6 Å². The van der Waals surface area contributed by atoms with Gasteiger partial charge in [0.25, 0.3) is 5.91 Å². The second-order valence-corrected chi connectivity index (χ2v) is 6.57. The maximum atomic E-state index is 12.2. The highest BCUT2D eigenvalue weighted by molar-refractivity contribution is 7.15. The first-order chi connectivity index (χ1) is 12.6. The fourth-order valence-electron chi connectivity index (χ4n) is 2.59. The first-order valence-electron chi connectivity index (χ1n) is 8.47. The van der Waals surface area contributed by atoms with Crippen molar-refractivity contribution in [3.8, 4) is 0 Å². The van der Waals surface area contributed by atoms with Gasteiger partial charge in [-0.15, -0.1) is 16.4 Å². The predicted octanol–water partition coefficient (Wildman–Crippen LogP) is 0.828. The molecule has 0 aliphatic rings. The summed E-state index contributed by atoms with van der Waals surface area (Å²) in [6.45, 7) is 5.66. The van der Waals surface area contributed by atoms with Crippen molar-refractivity contribution in [2.24, 2.45) is 0 Å². The number of fused-ring (bicyclic) bond motifs is 1. The van der Waals surface area contributed by atoms with Crippen molar-refractivity contribution in [1.29, 1.82) is 0 Å². The third kappa shape index (κ3) is 4.07. The number of aromatic nitrogens is 5. The summed E-state index contributed by atoms with van der Waals surface area (Å²) >= 11 is 1.57. The highest BCUT2D eigenvalue weighted by atomic mass is 32.1. The van der Waals surface area contributed by atoms with Crippen molar-refractivity contribution in [2.75, 3.05) is 19.6 Å². The van der Waals surface area contributed by atoms with Crippen LogP contribution in [0.2, 0.25) is 0 Å². The number of hydrogen-bond donors (Lipinski definition) is 1. The van der Waals surface area contributed by atoms with Crippen LogP contribution < -0.4 is 5.32 Å². The molecular weight excluding hydrogens is 354 g/mol. The Hall–Kier alpha value is -2.75. The maximum absolute atomic E-state index is 12.2. The van der Waals surface area contributed by atoms with E-state index < -0.39 is 0 Å². The molecule has 0 saturated heterocycles. The van der Waals surface area contributed by atoms with E-state index in [9.17, 15) is 9.59 Å². The van der Waals surface area contributed by atoms with E-state index in [0.717, 1.165) is 10.7 Å². The Morgan fingerprint density at radius 3 is 2.81 bits per heavy atom. The topological polar surface area (TPSA) is 97.4 Å². The summed E-state index contributed by atoms with van der Waals surface area (Å²) in [6.07, 6.45) is 6.03. The summed E-state index contributed by atoms with van der Waals surface area (Å²) in [7, 11) is 0. The molecule has 0 unspecified atom stereocenters. The van der Waals surface area contributed by atoms with Crippen LogP contribution in [-0.4, -0.2) is 60.7 Å². The number of rotatable bonds is 8. The van der Waals surface area contributed by atoms with Crippen molar-refractivity contribution < 1.29 is 9.59 Å². The normalized spacial score (nSPS) is 11.0. The van der Waals surface area contributed by atoms with Gasteiger partial charge in [-0.05, 0) is 13.8 Å². The molecule has 0 bridgehead atoms. The Morgan fingerprint density at radius 2 is 2.08 bits per heavy atom. The molecule has 3 aromatic heterocycles. The number of thiazole rings is 1. The van der Waals surface area contributed by atoms with Crippen LogP contribution in [0.5, 0.6) is 0 Å². The lowest BCUT2D eigenvalue weighted by atomic mass is 10.3. The molecule has 9 nitrogen and oxygen atoms in total. The minimum atomic E-state index is -0.312. The summed E-state index contributed by atoms with van der Waals surface area (Å²) in [4.78, 5) is 31.3. The third-order valence-corrected chi connectivity index (χ3v) is 4.77. The van der Waals surface area contributed by atoms with Crippen LogP contribution in [0.4, 0.5) is 0 Å². The van der Waals surface area contributed by atoms with Crippen LogP contribution in [0, 0.1) is 0 Å². The van der Waals surface area contributed by atoms with Crippen LogP contribution in [0.15, 0.2) is 24.0 Å². The number of carbonyl (C=O) groups is 2. The Bertz CT molecular complexity index is 865. The van der Waals surface area contributed by atoms with Gasteiger partial charge < -0.3 is 10.2 Å². The molecule has 10 heteroatoms. The van der Waals surface area contributed by atoms with Gasteiger partial charge in [0.1, 0.15) is 6.54 Å². The van der Waals surface area contributed by atoms with Gasteiger partial charge in [0.05, 0.1) is 11.9 Å². The number of likely N-dealkylation sites (N-methyl/N-ethyl adjacent to an activating group) is 1. The average Bonchev–Trinajstić information content (AvgIpc) is 3.32. The maximum Gasteiger partial charge on any atom is 0.273 e. The molecule has 2 amide bonds. The molecule has 0 fully saturated rings. The van der Waals surface area contributed by atoms with E-state index in [2.05, 4.69) is 20.6 Å². The highest BCUT2D eigenvalue weighted by Crippen LogP contribution is 2.11. The van der Waals surface area contributed by atoms with Gasteiger partial charge in [0, 0.05) is 43.8 Å². The number of nitrogens with zero attached hydrogens (tertiary/aromatic N) is 6. The quantitative estimate of drug-likeness (QED) is 0.629. The summed E-state index contributed by atoms with van der Waals surface area (Å²) in [5.41, 5.74) is 1.12. The summed E-state index contributed by atoms with van der Waals surface area (Å²) in [5.74, 6) is -0.362. The molecule has 1 N–H and O–H groups in total. The van der Waals surface area contributed by atoms with Crippen LogP contribution in [0.25, 0.3) is 4.96 Å². The minimum absolute atomic E-state index is 0.0494. The molecule has 3 rings (SSSR count). The second-order valence-electron chi connectivity index (χ2n) is 5.70. The van der Waals surface area contributed by atoms with Crippen molar-refractivity contribution in [3.63, 3.8) is 0 Å². The molecule has 0 aromatic carbocycles. The van der Waals surface area contributed by atoms with Gasteiger partial charge in [-0.3, -0.25) is 14.0 Å². The van der Waals surface area contributed by atoms with Gasteiger partial charge in [-0.1, -0.05) is 5.21 Å². The molecule has 3 heterocycles. The van der Waals surface area contributed by atoms with Crippen LogP contribution in [-0.2, 0) is 17.8 Å². The lowest BCUT2D eigenvalue weighted by Gasteiger charge is -2.17. The van der Waals surface area contributed by atoms with Crippen molar-refractivity contribution >= 4 is 28.1 Å². The van der Waals surface area contributed by atoms with Crippen LogP contribution in [0.3, 0.4) is 0 Å². The van der Waals surface area contributed by atoms with E-state index in [1.165, 1.54) is 10.9 Å². The molecule has 0 spiro atoms. The molecule has 0 atom stereocenters. The van der Waals surface area contributed by atoms with E-state index in [4.69, 9.17) is 0 Å². The largest absolute Gasteiger partial charge is 0.350 e. The lowest BCUT2D eigenvalue weighted by Crippen LogP contribution is -2.33. The number of nitrogens with one attached hydrogen (secondary N) is 1. The summed E-state index contributed by atoms with van der Waals surface area (Å²) < 4.78 is 3.35. The Morgan fingerprint density at radius 1 is 1.27 bits per heavy atom. The molecular formula is C16H21N7O2S. The van der Waals surface area contributed by atoms with E-state index in [0.29, 0.717) is 26.1 Å². The van der Waals surface area contributed by atoms with Gasteiger partial charge >= 0.3 is 0 Å². The van der Waals surface area contributed by atoms with E-state index in [1.54, 1.807) is 16.2 Å². The smallest absolute Gasteiger partial charge is 0.273 e. The molecule has 138 valence electrons. The van der Waals surface area contributed by atoms with Gasteiger partial charge in [0.15, 0.2) is 10.7 Å². The fourth-order valence-corrected chi connectivity index (χ4v) is 3.30. The number of amides is 2. The molecule has 0 saturated carbocycles. The standard InChI is InChI=1S/C16H21N7O2S/c1-3-21(4-2)14(24)11-23-10-13(19-20-23)15(25)17-6-5-12-9-22-7-8-26-16(22)18-12/h7-10H,3-6,11H2,1-2H3,(H,17,25). The van der Waals surface area contributed by atoms with Crippen molar-refractivity contribution in [3.05, 3.63) is 35.4 Å². The summed E-state index contributed by atoms with van der Waals surface area (Å²) in [6, 6.07) is 0.